The van der Waals surface area contributed by atoms with Gasteiger partial charge >= 0.3 is 5.97 Å². The van der Waals surface area contributed by atoms with Crippen LogP contribution in [0.1, 0.15) is 15.9 Å². The van der Waals surface area contributed by atoms with E-state index in [0.717, 1.165) is 44.0 Å². The summed E-state index contributed by atoms with van der Waals surface area (Å²) in [4.78, 5) is 15.4. The number of rotatable bonds is 4. The van der Waals surface area contributed by atoms with Crippen molar-refractivity contribution >= 4 is 11.7 Å². The van der Waals surface area contributed by atoms with E-state index in [2.05, 4.69) is 4.90 Å². The highest BCUT2D eigenvalue weighted by Crippen LogP contribution is 2.14. The van der Waals surface area contributed by atoms with Gasteiger partial charge in [0.25, 0.3) is 0 Å². The van der Waals surface area contributed by atoms with Crippen LogP contribution < -0.4 is 9.80 Å². The molecule has 2 aromatic carbocycles. The molecule has 1 aliphatic rings. The van der Waals surface area contributed by atoms with E-state index in [0.29, 0.717) is 5.56 Å². The number of anilines is 1. The fraction of sp³-hybridized carbons (Fsp3) is 0.316. The van der Waals surface area contributed by atoms with Gasteiger partial charge in [0, 0.05) is 11.3 Å². The summed E-state index contributed by atoms with van der Waals surface area (Å²) in [7, 11) is 1.40. The number of nitrogens with zero attached hydrogens (tertiary/aromatic N) is 1. The first kappa shape index (κ1) is 16.5. The van der Waals surface area contributed by atoms with Crippen molar-refractivity contribution in [3.8, 4) is 0 Å². The fourth-order valence-electron chi connectivity index (χ4n) is 3.12. The predicted octanol–water partition coefficient (Wildman–Crippen LogP) is 1.52. The summed E-state index contributed by atoms with van der Waals surface area (Å²) in [6.07, 6.45) is 0. The van der Waals surface area contributed by atoms with Crippen molar-refractivity contribution in [2.24, 2.45) is 0 Å². The number of quaternary nitrogens is 1. The molecule has 1 saturated heterocycles. The maximum Gasteiger partial charge on any atom is 0.337 e. The molecule has 0 saturated carbocycles. The molecule has 0 bridgehead atoms. The van der Waals surface area contributed by atoms with Gasteiger partial charge in [-0.2, -0.15) is 0 Å². The molecule has 0 aliphatic carbocycles. The zero-order valence-corrected chi connectivity index (χ0v) is 13.8. The Morgan fingerprint density at radius 2 is 1.88 bits per heavy atom. The highest BCUT2D eigenvalue weighted by Gasteiger charge is 2.20. The van der Waals surface area contributed by atoms with Crippen LogP contribution in [0.4, 0.5) is 10.1 Å². The van der Waals surface area contributed by atoms with Gasteiger partial charge in [0.1, 0.15) is 12.4 Å². The Balaban J connectivity index is 1.57. The Kier molecular flexibility index (Phi) is 5.11. The van der Waals surface area contributed by atoms with Crippen LogP contribution in [-0.4, -0.2) is 39.3 Å². The van der Waals surface area contributed by atoms with Crippen LogP contribution >= 0.6 is 0 Å². The summed E-state index contributed by atoms with van der Waals surface area (Å²) in [5.41, 5.74) is 2.81. The topological polar surface area (TPSA) is 34.0 Å². The highest BCUT2D eigenvalue weighted by atomic mass is 19.1. The second-order valence-electron chi connectivity index (χ2n) is 6.08. The Morgan fingerprint density at radius 1 is 1.17 bits per heavy atom. The molecule has 126 valence electrons. The maximum absolute atomic E-state index is 13.0. The van der Waals surface area contributed by atoms with Gasteiger partial charge in [-0.25, -0.2) is 9.18 Å². The van der Waals surface area contributed by atoms with E-state index in [-0.39, 0.29) is 11.8 Å². The third-order valence-corrected chi connectivity index (χ3v) is 4.46. The number of carbonyl (C=O) groups is 1. The van der Waals surface area contributed by atoms with Crippen LogP contribution in [0.5, 0.6) is 0 Å². The number of ether oxygens (including phenoxy) is 1. The Labute approximate surface area is 141 Å². The molecule has 2 aromatic rings. The van der Waals surface area contributed by atoms with Crippen LogP contribution in [0.2, 0.25) is 0 Å². The van der Waals surface area contributed by atoms with E-state index in [4.69, 9.17) is 4.74 Å². The number of piperazine rings is 1. The third kappa shape index (κ3) is 3.92. The zero-order valence-electron chi connectivity index (χ0n) is 13.8. The first-order chi connectivity index (χ1) is 11.7. The summed E-state index contributed by atoms with van der Waals surface area (Å²) in [6.45, 7) is 4.80. The molecule has 0 amide bonds. The number of hydrogen-bond donors (Lipinski definition) is 1. The van der Waals surface area contributed by atoms with Gasteiger partial charge < -0.3 is 14.5 Å². The quantitative estimate of drug-likeness (QED) is 0.864. The molecular formula is C19H22FN2O2+. The van der Waals surface area contributed by atoms with Crippen molar-refractivity contribution in [1.29, 1.82) is 0 Å². The molecule has 0 radical (unpaired) electrons. The first-order valence-electron chi connectivity index (χ1n) is 8.17. The summed E-state index contributed by atoms with van der Waals surface area (Å²) in [6, 6.07) is 14.3. The predicted molar refractivity (Wildman–Crippen MR) is 90.8 cm³/mol. The number of methoxy groups -OCH3 is 1. The van der Waals surface area contributed by atoms with Crippen LogP contribution in [0.15, 0.2) is 48.5 Å². The summed E-state index contributed by atoms with van der Waals surface area (Å²) in [5, 5.41) is 0. The van der Waals surface area contributed by atoms with Crippen LogP contribution in [0.3, 0.4) is 0 Å². The SMILES string of the molecule is COC(=O)c1cccc(C[NH+]2CCN(c3ccc(F)cc3)CC2)c1. The molecule has 1 N–H and O–H groups in total. The average molecular weight is 329 g/mol. The number of benzene rings is 2. The fourth-order valence-corrected chi connectivity index (χ4v) is 3.12. The van der Waals surface area contributed by atoms with Crippen molar-refractivity contribution in [2.75, 3.05) is 38.2 Å². The molecule has 0 spiro atoms. The minimum Gasteiger partial charge on any atom is -0.465 e. The first-order valence-corrected chi connectivity index (χ1v) is 8.17. The lowest BCUT2D eigenvalue weighted by Gasteiger charge is -2.33. The van der Waals surface area contributed by atoms with E-state index in [1.54, 1.807) is 6.07 Å². The number of carbonyl (C=O) groups excluding carboxylic acids is 1. The lowest BCUT2D eigenvalue weighted by atomic mass is 10.1. The maximum atomic E-state index is 13.0. The third-order valence-electron chi connectivity index (χ3n) is 4.46. The standard InChI is InChI=1S/C19H21FN2O2/c1-24-19(23)16-4-2-3-15(13-16)14-21-9-11-22(12-10-21)18-7-5-17(20)6-8-18/h2-8,13H,9-12,14H2,1H3/p+1. The summed E-state index contributed by atoms with van der Waals surface area (Å²) in [5.74, 6) is -0.499. The molecule has 0 unspecified atom stereocenters. The molecule has 0 atom stereocenters. The molecule has 24 heavy (non-hydrogen) atoms. The van der Waals surface area contributed by atoms with Crippen LogP contribution in [0, 0.1) is 5.82 Å². The molecule has 4 nitrogen and oxygen atoms in total. The van der Waals surface area contributed by atoms with E-state index in [1.165, 1.54) is 24.1 Å². The zero-order chi connectivity index (χ0) is 16.9. The van der Waals surface area contributed by atoms with E-state index >= 15 is 0 Å². The molecule has 1 fully saturated rings. The van der Waals surface area contributed by atoms with Gasteiger partial charge in [-0.1, -0.05) is 12.1 Å². The van der Waals surface area contributed by atoms with Gasteiger partial charge in [-0.3, -0.25) is 0 Å². The summed E-state index contributed by atoms with van der Waals surface area (Å²) >= 11 is 0. The van der Waals surface area contributed by atoms with Gasteiger partial charge in [-0.15, -0.1) is 0 Å². The number of halogens is 1. The number of nitrogens with one attached hydrogen (secondary N) is 1. The van der Waals surface area contributed by atoms with Gasteiger partial charge in [0.2, 0.25) is 0 Å². The van der Waals surface area contributed by atoms with Crippen molar-refractivity contribution in [1.82, 2.24) is 0 Å². The summed E-state index contributed by atoms with van der Waals surface area (Å²) < 4.78 is 17.8. The Morgan fingerprint density at radius 3 is 2.54 bits per heavy atom. The van der Waals surface area contributed by atoms with Crippen LogP contribution in [-0.2, 0) is 11.3 Å². The van der Waals surface area contributed by atoms with Crippen molar-refractivity contribution < 1.29 is 18.8 Å². The average Bonchev–Trinajstić information content (AvgIpc) is 2.63. The smallest absolute Gasteiger partial charge is 0.337 e. The van der Waals surface area contributed by atoms with Crippen molar-refractivity contribution in [2.45, 2.75) is 6.54 Å². The minimum atomic E-state index is -0.298. The van der Waals surface area contributed by atoms with Gasteiger partial charge in [0.05, 0.1) is 38.9 Å². The lowest BCUT2D eigenvalue weighted by Crippen LogP contribution is -3.13. The van der Waals surface area contributed by atoms with Crippen LogP contribution in [0.25, 0.3) is 0 Å². The monoisotopic (exact) mass is 329 g/mol. The second kappa shape index (κ2) is 7.45. The van der Waals surface area contributed by atoms with Gasteiger partial charge in [-0.05, 0) is 36.4 Å². The minimum absolute atomic E-state index is 0.200. The number of hydrogen-bond acceptors (Lipinski definition) is 3. The Hall–Kier alpha value is -2.40. The lowest BCUT2D eigenvalue weighted by molar-refractivity contribution is -0.914. The van der Waals surface area contributed by atoms with Gasteiger partial charge in [0.15, 0.2) is 0 Å². The molecular weight excluding hydrogens is 307 g/mol. The molecule has 5 heteroatoms. The van der Waals surface area contributed by atoms with E-state index in [9.17, 15) is 9.18 Å². The second-order valence-corrected chi connectivity index (χ2v) is 6.08. The van der Waals surface area contributed by atoms with E-state index in [1.807, 2.05) is 30.3 Å². The molecule has 3 rings (SSSR count). The van der Waals surface area contributed by atoms with Crippen molar-refractivity contribution in [3.63, 3.8) is 0 Å². The normalized spacial score (nSPS) is 15.3. The molecule has 0 aromatic heterocycles. The van der Waals surface area contributed by atoms with E-state index < -0.39 is 0 Å². The molecule has 1 heterocycles. The largest absolute Gasteiger partial charge is 0.465 e. The van der Waals surface area contributed by atoms with Crippen molar-refractivity contribution in [3.05, 3.63) is 65.5 Å². The Bertz CT molecular complexity index is 695. The highest BCUT2D eigenvalue weighted by molar-refractivity contribution is 5.89. The number of esters is 1. The molecule has 1 aliphatic heterocycles.